The van der Waals surface area contributed by atoms with Crippen molar-refractivity contribution >= 4 is 11.9 Å². The third-order valence-electron chi connectivity index (χ3n) is 3.13. The molecule has 5 heteroatoms. The molecule has 5 nitrogen and oxygen atoms in total. The Hall–Kier alpha value is -1.36. The second-order valence-corrected chi connectivity index (χ2v) is 4.72. The van der Waals surface area contributed by atoms with E-state index in [2.05, 4.69) is 11.9 Å². The molecule has 0 rings (SSSR count). The number of carbonyl (C=O) groups excluding carboxylic acids is 2. The predicted molar refractivity (Wildman–Crippen MR) is 78.3 cm³/mol. The van der Waals surface area contributed by atoms with Crippen molar-refractivity contribution in [3.05, 3.63) is 12.2 Å². The maximum atomic E-state index is 12.2. The first-order valence-corrected chi connectivity index (χ1v) is 7.18. The quantitative estimate of drug-likeness (QED) is 0.380. The van der Waals surface area contributed by atoms with Crippen molar-refractivity contribution in [1.29, 1.82) is 0 Å². The Bertz CT molecular complexity index is 335. The third kappa shape index (κ3) is 5.74. The smallest absolute Gasteiger partial charge is 0.333 e. The van der Waals surface area contributed by atoms with Gasteiger partial charge in [0.25, 0.3) is 5.91 Å². The highest BCUT2D eigenvalue weighted by Crippen LogP contribution is 2.20. The largest absolute Gasteiger partial charge is 0.460 e. The molecule has 0 aliphatic heterocycles. The van der Waals surface area contributed by atoms with Gasteiger partial charge in [-0.2, -0.15) is 0 Å². The molecule has 0 saturated heterocycles. The van der Waals surface area contributed by atoms with Gasteiger partial charge < -0.3 is 14.8 Å². The van der Waals surface area contributed by atoms with Gasteiger partial charge in [0, 0.05) is 12.1 Å². The van der Waals surface area contributed by atoms with Gasteiger partial charge in [0.05, 0.1) is 6.61 Å². The van der Waals surface area contributed by atoms with Crippen LogP contribution in [-0.2, 0) is 19.1 Å². The van der Waals surface area contributed by atoms with Gasteiger partial charge in [0.1, 0.15) is 12.2 Å². The van der Waals surface area contributed by atoms with Gasteiger partial charge >= 0.3 is 5.97 Å². The van der Waals surface area contributed by atoms with Gasteiger partial charge in [-0.15, -0.1) is 0 Å². The van der Waals surface area contributed by atoms with Crippen LogP contribution in [0.3, 0.4) is 0 Å². The van der Waals surface area contributed by atoms with E-state index < -0.39 is 11.6 Å². The number of hydrogen-bond donors (Lipinski definition) is 1. The van der Waals surface area contributed by atoms with Crippen LogP contribution in [0.5, 0.6) is 0 Å². The highest BCUT2D eigenvalue weighted by molar-refractivity contribution is 5.87. The van der Waals surface area contributed by atoms with Gasteiger partial charge in [-0.05, 0) is 26.2 Å². The molecule has 1 N–H and O–H groups in total. The summed E-state index contributed by atoms with van der Waals surface area (Å²) in [6.07, 6.45) is 2.03. The van der Waals surface area contributed by atoms with Crippen molar-refractivity contribution in [2.75, 3.05) is 19.8 Å². The first-order valence-electron chi connectivity index (χ1n) is 7.18. The van der Waals surface area contributed by atoms with Crippen molar-refractivity contribution in [1.82, 2.24) is 5.32 Å². The number of carbonyl (C=O) groups is 2. The molecular weight excluding hydrogens is 258 g/mol. The van der Waals surface area contributed by atoms with E-state index in [9.17, 15) is 9.59 Å². The summed E-state index contributed by atoms with van der Waals surface area (Å²) in [4.78, 5) is 23.4. The van der Waals surface area contributed by atoms with Crippen LogP contribution in [0.4, 0.5) is 0 Å². The Morgan fingerprint density at radius 3 is 2.20 bits per heavy atom. The molecule has 116 valence electrons. The number of ether oxygens (including phenoxy) is 2. The Kier molecular flexibility index (Phi) is 8.88. The van der Waals surface area contributed by atoms with E-state index >= 15 is 0 Å². The number of hydrogen-bond acceptors (Lipinski definition) is 4. The SMILES string of the molecule is C=C(C)C(=O)OCCOC(CC)(CC)C(=O)NCCC. The number of nitrogens with one attached hydrogen (secondary N) is 1. The third-order valence-corrected chi connectivity index (χ3v) is 3.13. The van der Waals surface area contributed by atoms with Crippen molar-refractivity contribution in [2.45, 2.75) is 52.6 Å². The Labute approximate surface area is 121 Å². The average Bonchev–Trinajstić information content (AvgIpc) is 2.45. The van der Waals surface area contributed by atoms with E-state index in [-0.39, 0.29) is 19.1 Å². The van der Waals surface area contributed by atoms with E-state index in [0.717, 1.165) is 6.42 Å². The van der Waals surface area contributed by atoms with E-state index in [1.165, 1.54) is 0 Å². The van der Waals surface area contributed by atoms with E-state index in [0.29, 0.717) is 25.0 Å². The zero-order valence-corrected chi connectivity index (χ0v) is 13.1. The summed E-state index contributed by atoms with van der Waals surface area (Å²) >= 11 is 0. The standard InChI is InChI=1S/C15H27NO4/c1-6-9-16-14(18)15(7-2,8-3)20-11-10-19-13(17)12(4)5/h4,6-11H2,1-3,5H3,(H,16,18). The minimum atomic E-state index is -0.842. The number of esters is 1. The fourth-order valence-electron chi connectivity index (χ4n) is 1.74. The Morgan fingerprint density at radius 2 is 1.75 bits per heavy atom. The lowest BCUT2D eigenvalue weighted by molar-refractivity contribution is -0.154. The topological polar surface area (TPSA) is 64.6 Å². The summed E-state index contributed by atoms with van der Waals surface area (Å²) in [7, 11) is 0. The fraction of sp³-hybridized carbons (Fsp3) is 0.733. The minimum absolute atomic E-state index is 0.101. The predicted octanol–water partition coefficient (Wildman–Crippen LogP) is 2.21. The minimum Gasteiger partial charge on any atom is -0.460 e. The second kappa shape index (κ2) is 9.53. The molecule has 0 saturated carbocycles. The lowest BCUT2D eigenvalue weighted by Gasteiger charge is -2.30. The second-order valence-electron chi connectivity index (χ2n) is 4.72. The fourth-order valence-corrected chi connectivity index (χ4v) is 1.74. The maximum absolute atomic E-state index is 12.2. The van der Waals surface area contributed by atoms with Crippen LogP contribution in [0.2, 0.25) is 0 Å². The van der Waals surface area contributed by atoms with Gasteiger partial charge in [0.2, 0.25) is 0 Å². The normalized spacial score (nSPS) is 11.0. The highest BCUT2D eigenvalue weighted by Gasteiger charge is 2.35. The van der Waals surface area contributed by atoms with Crippen LogP contribution in [0, 0.1) is 0 Å². The molecule has 0 fully saturated rings. The molecule has 0 aromatic rings. The maximum Gasteiger partial charge on any atom is 0.333 e. The summed E-state index contributed by atoms with van der Waals surface area (Å²) < 4.78 is 10.7. The van der Waals surface area contributed by atoms with Crippen LogP contribution >= 0.6 is 0 Å². The van der Waals surface area contributed by atoms with Crippen molar-refractivity contribution < 1.29 is 19.1 Å². The first-order chi connectivity index (χ1) is 9.43. The summed E-state index contributed by atoms with van der Waals surface area (Å²) in [5.74, 6) is -0.543. The molecule has 1 amide bonds. The van der Waals surface area contributed by atoms with E-state index in [4.69, 9.17) is 9.47 Å². The molecule has 0 atom stereocenters. The molecule has 0 unspecified atom stereocenters. The van der Waals surface area contributed by atoms with E-state index in [1.54, 1.807) is 6.92 Å². The Morgan fingerprint density at radius 1 is 1.15 bits per heavy atom. The molecular formula is C15H27NO4. The van der Waals surface area contributed by atoms with Gasteiger partial charge in [-0.3, -0.25) is 4.79 Å². The molecule has 20 heavy (non-hydrogen) atoms. The van der Waals surface area contributed by atoms with Crippen LogP contribution in [0.25, 0.3) is 0 Å². The summed E-state index contributed by atoms with van der Waals surface area (Å²) in [5, 5.41) is 2.86. The molecule has 0 bridgehead atoms. The molecule has 0 aliphatic carbocycles. The number of amides is 1. The highest BCUT2D eigenvalue weighted by atomic mass is 16.6. The van der Waals surface area contributed by atoms with Crippen LogP contribution in [0.15, 0.2) is 12.2 Å². The molecule has 0 spiro atoms. The molecule has 0 heterocycles. The summed E-state index contributed by atoms with van der Waals surface area (Å²) in [5.41, 5.74) is -0.493. The average molecular weight is 285 g/mol. The van der Waals surface area contributed by atoms with Crippen LogP contribution in [0.1, 0.15) is 47.0 Å². The van der Waals surface area contributed by atoms with Crippen LogP contribution in [-0.4, -0.2) is 37.2 Å². The van der Waals surface area contributed by atoms with Gasteiger partial charge in [0.15, 0.2) is 0 Å². The lowest BCUT2D eigenvalue weighted by atomic mass is 9.96. The van der Waals surface area contributed by atoms with Gasteiger partial charge in [-0.1, -0.05) is 27.4 Å². The molecule has 0 aliphatic rings. The van der Waals surface area contributed by atoms with Crippen molar-refractivity contribution in [3.8, 4) is 0 Å². The zero-order valence-electron chi connectivity index (χ0n) is 13.1. The van der Waals surface area contributed by atoms with Crippen LogP contribution < -0.4 is 5.32 Å². The number of rotatable bonds is 10. The van der Waals surface area contributed by atoms with Crippen molar-refractivity contribution in [2.24, 2.45) is 0 Å². The Balaban J connectivity index is 4.36. The first kappa shape index (κ1) is 18.6. The van der Waals surface area contributed by atoms with Gasteiger partial charge in [-0.25, -0.2) is 4.79 Å². The zero-order chi connectivity index (χ0) is 15.6. The monoisotopic (exact) mass is 285 g/mol. The summed E-state index contributed by atoms with van der Waals surface area (Å²) in [6, 6.07) is 0. The lowest BCUT2D eigenvalue weighted by Crippen LogP contribution is -2.48. The van der Waals surface area contributed by atoms with Crippen molar-refractivity contribution in [3.63, 3.8) is 0 Å². The molecule has 0 radical (unpaired) electrons. The molecule has 0 aromatic heterocycles. The molecule has 0 aromatic carbocycles. The van der Waals surface area contributed by atoms with E-state index in [1.807, 2.05) is 20.8 Å². The summed E-state index contributed by atoms with van der Waals surface area (Å²) in [6.45, 7) is 11.9.